The average molecular weight is 196 g/mol. The highest BCUT2D eigenvalue weighted by Crippen LogP contribution is 2.01. The van der Waals surface area contributed by atoms with Crippen LogP contribution in [-0.2, 0) is 17.8 Å². The van der Waals surface area contributed by atoms with Crippen molar-refractivity contribution in [1.29, 1.82) is 0 Å². The van der Waals surface area contributed by atoms with Crippen molar-refractivity contribution in [3.05, 3.63) is 23.3 Å². The third-order valence-electron chi connectivity index (χ3n) is 1.79. The molecule has 4 heteroatoms. The number of aromatic nitrogens is 2. The van der Waals surface area contributed by atoms with Crippen LogP contribution in [-0.4, -0.2) is 28.3 Å². The molecular weight excluding hydrogens is 180 g/mol. The second-order valence-electron chi connectivity index (χ2n) is 3.02. The first kappa shape index (κ1) is 11.1. The molecule has 1 aromatic heterocycles. The van der Waals surface area contributed by atoms with E-state index in [0.29, 0.717) is 25.3 Å². The van der Waals surface area contributed by atoms with E-state index in [0.717, 1.165) is 11.5 Å². The summed E-state index contributed by atoms with van der Waals surface area (Å²) in [5, 5.41) is 8.94. The molecule has 0 atom stereocenters. The fourth-order valence-corrected chi connectivity index (χ4v) is 1.20. The van der Waals surface area contributed by atoms with Gasteiger partial charge in [0.25, 0.3) is 0 Å². The zero-order valence-corrected chi connectivity index (χ0v) is 8.66. The van der Waals surface area contributed by atoms with E-state index in [1.165, 1.54) is 0 Å². The molecule has 0 bridgehead atoms. The Morgan fingerprint density at radius 1 is 1.43 bits per heavy atom. The molecule has 0 aliphatic heterocycles. The van der Waals surface area contributed by atoms with E-state index in [1.807, 2.05) is 13.8 Å². The Kier molecular flexibility index (Phi) is 4.49. The van der Waals surface area contributed by atoms with E-state index in [1.54, 1.807) is 6.07 Å². The van der Waals surface area contributed by atoms with E-state index in [9.17, 15) is 0 Å². The Hall–Kier alpha value is -1.00. The largest absolute Gasteiger partial charge is 0.390 e. The fraction of sp³-hybridized carbons (Fsp3) is 0.600. The Labute approximate surface area is 84.0 Å². The number of hydrogen-bond donors (Lipinski definition) is 1. The topological polar surface area (TPSA) is 55.2 Å². The SMILES string of the molecule is CCOCCc1nc(C)cc(CO)n1. The molecule has 0 aliphatic rings. The van der Waals surface area contributed by atoms with Gasteiger partial charge in [0.2, 0.25) is 0 Å². The number of aliphatic hydroxyl groups is 1. The lowest BCUT2D eigenvalue weighted by Crippen LogP contribution is -2.05. The van der Waals surface area contributed by atoms with Gasteiger partial charge < -0.3 is 9.84 Å². The molecule has 0 saturated carbocycles. The van der Waals surface area contributed by atoms with Gasteiger partial charge >= 0.3 is 0 Å². The van der Waals surface area contributed by atoms with Gasteiger partial charge in [-0.3, -0.25) is 0 Å². The van der Waals surface area contributed by atoms with Crippen LogP contribution in [0.2, 0.25) is 0 Å². The van der Waals surface area contributed by atoms with E-state index >= 15 is 0 Å². The molecule has 14 heavy (non-hydrogen) atoms. The summed E-state index contributed by atoms with van der Waals surface area (Å²) in [4.78, 5) is 8.43. The molecule has 1 N–H and O–H groups in total. The summed E-state index contributed by atoms with van der Waals surface area (Å²) >= 11 is 0. The van der Waals surface area contributed by atoms with Crippen molar-refractivity contribution in [1.82, 2.24) is 9.97 Å². The standard InChI is InChI=1S/C10H16N2O2/c1-3-14-5-4-10-11-8(2)6-9(7-13)12-10/h6,13H,3-5,7H2,1-2H3. The fourth-order valence-electron chi connectivity index (χ4n) is 1.20. The molecule has 0 unspecified atom stereocenters. The van der Waals surface area contributed by atoms with Crippen LogP contribution in [0.15, 0.2) is 6.07 Å². The van der Waals surface area contributed by atoms with Gasteiger partial charge in [0.1, 0.15) is 5.82 Å². The molecule has 0 fully saturated rings. The first-order chi connectivity index (χ1) is 6.76. The Balaban J connectivity index is 2.62. The first-order valence-corrected chi connectivity index (χ1v) is 4.78. The minimum absolute atomic E-state index is 0.0367. The average Bonchev–Trinajstić information content (AvgIpc) is 2.17. The molecular formula is C10H16N2O2. The minimum Gasteiger partial charge on any atom is -0.390 e. The van der Waals surface area contributed by atoms with Crippen LogP contribution >= 0.6 is 0 Å². The van der Waals surface area contributed by atoms with Crippen LogP contribution in [0, 0.1) is 6.92 Å². The van der Waals surface area contributed by atoms with Crippen LogP contribution in [0.5, 0.6) is 0 Å². The van der Waals surface area contributed by atoms with Crippen LogP contribution in [0.4, 0.5) is 0 Å². The highest BCUT2D eigenvalue weighted by molar-refractivity contribution is 5.09. The molecule has 78 valence electrons. The first-order valence-electron chi connectivity index (χ1n) is 4.78. The second-order valence-corrected chi connectivity index (χ2v) is 3.02. The predicted molar refractivity (Wildman–Crippen MR) is 52.9 cm³/mol. The summed E-state index contributed by atoms with van der Waals surface area (Å²) in [7, 11) is 0. The summed E-state index contributed by atoms with van der Waals surface area (Å²) < 4.78 is 5.21. The molecule has 4 nitrogen and oxygen atoms in total. The van der Waals surface area contributed by atoms with E-state index in [-0.39, 0.29) is 6.61 Å². The van der Waals surface area contributed by atoms with E-state index in [2.05, 4.69) is 9.97 Å². The highest BCUT2D eigenvalue weighted by Gasteiger charge is 2.01. The molecule has 0 spiro atoms. The smallest absolute Gasteiger partial charge is 0.131 e. The minimum atomic E-state index is -0.0367. The van der Waals surface area contributed by atoms with Crippen molar-refractivity contribution in [3.8, 4) is 0 Å². The van der Waals surface area contributed by atoms with Gasteiger partial charge in [0.05, 0.1) is 18.9 Å². The maximum absolute atomic E-state index is 8.94. The maximum Gasteiger partial charge on any atom is 0.131 e. The molecule has 1 rings (SSSR count). The van der Waals surface area contributed by atoms with Crippen LogP contribution in [0.1, 0.15) is 24.1 Å². The van der Waals surface area contributed by atoms with Gasteiger partial charge in [-0.2, -0.15) is 0 Å². The Bertz CT molecular complexity index is 289. The summed E-state index contributed by atoms with van der Waals surface area (Å²) in [6, 6.07) is 1.78. The van der Waals surface area contributed by atoms with Crippen LogP contribution in [0.25, 0.3) is 0 Å². The number of nitrogens with zero attached hydrogens (tertiary/aromatic N) is 2. The number of hydrogen-bond acceptors (Lipinski definition) is 4. The van der Waals surface area contributed by atoms with E-state index < -0.39 is 0 Å². The number of aryl methyl sites for hydroxylation is 1. The van der Waals surface area contributed by atoms with Crippen molar-refractivity contribution < 1.29 is 9.84 Å². The highest BCUT2D eigenvalue weighted by atomic mass is 16.5. The summed E-state index contributed by atoms with van der Waals surface area (Å²) in [5.41, 5.74) is 1.56. The maximum atomic E-state index is 8.94. The molecule has 0 amide bonds. The lowest BCUT2D eigenvalue weighted by molar-refractivity contribution is 0.149. The summed E-state index contributed by atoms with van der Waals surface area (Å²) in [5.74, 6) is 0.738. The van der Waals surface area contributed by atoms with Gasteiger partial charge in [-0.15, -0.1) is 0 Å². The van der Waals surface area contributed by atoms with Crippen molar-refractivity contribution in [2.75, 3.05) is 13.2 Å². The summed E-state index contributed by atoms with van der Waals surface area (Å²) in [6.45, 7) is 5.15. The predicted octanol–water partition coefficient (Wildman–Crippen LogP) is 0.856. The third-order valence-corrected chi connectivity index (χ3v) is 1.79. The summed E-state index contributed by atoms with van der Waals surface area (Å²) in [6.07, 6.45) is 0.697. The van der Waals surface area contributed by atoms with Crippen molar-refractivity contribution in [2.45, 2.75) is 26.9 Å². The molecule has 0 aromatic carbocycles. The van der Waals surface area contributed by atoms with Crippen molar-refractivity contribution in [3.63, 3.8) is 0 Å². The lowest BCUT2D eigenvalue weighted by Gasteiger charge is -2.04. The normalized spacial score (nSPS) is 10.5. The zero-order valence-electron chi connectivity index (χ0n) is 8.66. The van der Waals surface area contributed by atoms with Gasteiger partial charge in [-0.25, -0.2) is 9.97 Å². The zero-order chi connectivity index (χ0) is 10.4. The molecule has 1 aromatic rings. The Morgan fingerprint density at radius 2 is 2.21 bits per heavy atom. The second kappa shape index (κ2) is 5.67. The quantitative estimate of drug-likeness (QED) is 0.709. The van der Waals surface area contributed by atoms with Gasteiger partial charge in [0, 0.05) is 18.7 Å². The lowest BCUT2D eigenvalue weighted by atomic mass is 10.3. The van der Waals surface area contributed by atoms with Gasteiger partial charge in [0.15, 0.2) is 0 Å². The van der Waals surface area contributed by atoms with Crippen LogP contribution < -0.4 is 0 Å². The molecule has 0 radical (unpaired) electrons. The van der Waals surface area contributed by atoms with Gasteiger partial charge in [-0.1, -0.05) is 0 Å². The molecule has 0 aliphatic carbocycles. The molecule has 0 saturated heterocycles. The number of rotatable bonds is 5. The monoisotopic (exact) mass is 196 g/mol. The third kappa shape index (κ3) is 3.40. The Morgan fingerprint density at radius 3 is 2.86 bits per heavy atom. The number of aliphatic hydroxyl groups excluding tert-OH is 1. The number of ether oxygens (including phenoxy) is 1. The molecule has 1 heterocycles. The van der Waals surface area contributed by atoms with Crippen molar-refractivity contribution in [2.24, 2.45) is 0 Å². The van der Waals surface area contributed by atoms with Crippen LogP contribution in [0.3, 0.4) is 0 Å². The van der Waals surface area contributed by atoms with Crippen molar-refractivity contribution >= 4 is 0 Å². The van der Waals surface area contributed by atoms with E-state index in [4.69, 9.17) is 9.84 Å². The van der Waals surface area contributed by atoms with Gasteiger partial charge in [-0.05, 0) is 19.9 Å².